The minimum absolute atomic E-state index is 0.0221. The maximum absolute atomic E-state index is 12.8. The van der Waals surface area contributed by atoms with Crippen LogP contribution in [0.2, 0.25) is 0 Å². The summed E-state index contributed by atoms with van der Waals surface area (Å²) in [6.45, 7) is 0.591. The molecule has 80 valence electrons. The van der Waals surface area contributed by atoms with Crippen LogP contribution in [0.3, 0.4) is 0 Å². The summed E-state index contributed by atoms with van der Waals surface area (Å²) in [6, 6.07) is 1.37. The van der Waals surface area contributed by atoms with Crippen LogP contribution in [0.15, 0.2) is 12.3 Å². The fraction of sp³-hybridized carbons (Fsp3) is 0.333. The number of nitrogens with zero attached hydrogens (tertiary/aromatic N) is 2. The Balaban J connectivity index is 2.34. The van der Waals surface area contributed by atoms with E-state index in [9.17, 15) is 9.18 Å². The molecule has 2 rings (SSSR count). The van der Waals surface area contributed by atoms with E-state index in [1.807, 2.05) is 22.6 Å². The molecule has 1 aliphatic rings. The highest BCUT2D eigenvalue weighted by Gasteiger charge is 2.30. The van der Waals surface area contributed by atoms with Crippen LogP contribution in [0, 0.1) is 9.39 Å². The van der Waals surface area contributed by atoms with Crippen LogP contribution in [0.25, 0.3) is 0 Å². The van der Waals surface area contributed by atoms with Crippen molar-refractivity contribution in [1.29, 1.82) is 0 Å². The van der Waals surface area contributed by atoms with Gasteiger partial charge in [0, 0.05) is 17.8 Å². The van der Waals surface area contributed by atoms with Crippen molar-refractivity contribution in [3.8, 4) is 0 Å². The molecule has 3 nitrogen and oxygen atoms in total. The van der Waals surface area contributed by atoms with Crippen molar-refractivity contribution in [3.05, 3.63) is 21.7 Å². The van der Waals surface area contributed by atoms with E-state index in [0.717, 1.165) is 6.20 Å². The van der Waals surface area contributed by atoms with Crippen LogP contribution in [0.1, 0.15) is 6.42 Å². The minimum atomic E-state index is -0.384. The molecule has 2 heterocycles. The van der Waals surface area contributed by atoms with Crippen molar-refractivity contribution in [2.24, 2.45) is 0 Å². The number of anilines is 1. The number of hydrogen-bond donors (Lipinski definition) is 0. The zero-order valence-electron chi connectivity index (χ0n) is 7.58. The van der Waals surface area contributed by atoms with Gasteiger partial charge < -0.3 is 0 Å². The lowest BCUT2D eigenvalue weighted by atomic mass is 10.4. The van der Waals surface area contributed by atoms with Crippen molar-refractivity contribution < 1.29 is 9.18 Å². The normalized spacial score (nSPS) is 21.1. The SMILES string of the molecule is O=C1CC(Br)CN1c1ncc(F)cc1I. The summed E-state index contributed by atoms with van der Waals surface area (Å²) in [4.78, 5) is 17.3. The Labute approximate surface area is 108 Å². The van der Waals surface area contributed by atoms with Crippen LogP contribution in [0.4, 0.5) is 10.2 Å². The van der Waals surface area contributed by atoms with Crippen LogP contribution in [0.5, 0.6) is 0 Å². The smallest absolute Gasteiger partial charge is 0.229 e. The number of amides is 1. The third-order valence-corrected chi connectivity index (χ3v) is 3.53. The third-order valence-electron chi connectivity index (χ3n) is 2.12. The van der Waals surface area contributed by atoms with Gasteiger partial charge >= 0.3 is 0 Å². The number of halogens is 3. The van der Waals surface area contributed by atoms with Crippen molar-refractivity contribution in [3.63, 3.8) is 0 Å². The summed E-state index contributed by atoms with van der Waals surface area (Å²) < 4.78 is 13.5. The van der Waals surface area contributed by atoms with Gasteiger partial charge in [-0.25, -0.2) is 9.37 Å². The van der Waals surface area contributed by atoms with Gasteiger partial charge in [0.05, 0.1) is 9.77 Å². The molecule has 0 aliphatic carbocycles. The van der Waals surface area contributed by atoms with Crippen molar-refractivity contribution >= 4 is 50.2 Å². The summed E-state index contributed by atoms with van der Waals surface area (Å²) in [5.74, 6) is 0.183. The topological polar surface area (TPSA) is 33.2 Å². The molecule has 0 saturated carbocycles. The minimum Gasteiger partial charge on any atom is -0.295 e. The van der Waals surface area contributed by atoms with E-state index in [1.54, 1.807) is 4.90 Å². The average molecular weight is 385 g/mol. The number of hydrogen-bond acceptors (Lipinski definition) is 2. The van der Waals surface area contributed by atoms with Gasteiger partial charge in [0.25, 0.3) is 0 Å². The van der Waals surface area contributed by atoms with Gasteiger partial charge in [-0.1, -0.05) is 15.9 Å². The van der Waals surface area contributed by atoms with E-state index in [1.165, 1.54) is 6.07 Å². The van der Waals surface area contributed by atoms with E-state index in [4.69, 9.17) is 0 Å². The van der Waals surface area contributed by atoms with Gasteiger partial charge in [-0.3, -0.25) is 9.69 Å². The summed E-state index contributed by atoms with van der Waals surface area (Å²) in [6.07, 6.45) is 1.60. The number of aromatic nitrogens is 1. The zero-order valence-corrected chi connectivity index (χ0v) is 11.3. The van der Waals surface area contributed by atoms with Crippen molar-refractivity contribution in [1.82, 2.24) is 4.98 Å². The van der Waals surface area contributed by atoms with Crippen molar-refractivity contribution in [2.75, 3.05) is 11.4 Å². The summed E-state index contributed by atoms with van der Waals surface area (Å²) in [5, 5.41) is 0. The summed E-state index contributed by atoms with van der Waals surface area (Å²) >= 11 is 5.37. The van der Waals surface area contributed by atoms with Gasteiger partial charge in [-0.2, -0.15) is 0 Å². The molecule has 1 aromatic heterocycles. The standard InChI is InChI=1S/C9H7BrFIN2O/c10-5-1-8(15)14(4-5)9-7(12)2-6(11)3-13-9/h2-3,5H,1,4H2. The Morgan fingerprint density at radius 2 is 2.40 bits per heavy atom. The first-order chi connectivity index (χ1) is 7.08. The molecule has 1 fully saturated rings. The summed E-state index contributed by atoms with van der Waals surface area (Å²) in [5.41, 5.74) is 0. The van der Waals surface area contributed by atoms with Gasteiger partial charge in [-0.15, -0.1) is 0 Å². The second-order valence-corrected chi connectivity index (χ2v) is 5.72. The molecule has 1 unspecified atom stereocenters. The average Bonchev–Trinajstić information content (AvgIpc) is 2.45. The van der Waals surface area contributed by atoms with E-state index in [2.05, 4.69) is 20.9 Å². The van der Waals surface area contributed by atoms with Gasteiger partial charge in [0.2, 0.25) is 5.91 Å². The zero-order chi connectivity index (χ0) is 11.0. The van der Waals surface area contributed by atoms with E-state index in [-0.39, 0.29) is 16.6 Å². The predicted molar refractivity (Wildman–Crippen MR) is 66.6 cm³/mol. The molecule has 0 aromatic carbocycles. The molecule has 1 aliphatic heterocycles. The monoisotopic (exact) mass is 384 g/mol. The number of rotatable bonds is 1. The third kappa shape index (κ3) is 2.30. The maximum atomic E-state index is 12.8. The predicted octanol–water partition coefficient (Wildman–Crippen LogP) is 2.33. The molecule has 0 N–H and O–H groups in total. The molecular weight excluding hydrogens is 378 g/mol. The lowest BCUT2D eigenvalue weighted by Crippen LogP contribution is -2.26. The van der Waals surface area contributed by atoms with E-state index < -0.39 is 0 Å². The Bertz CT molecular complexity index is 415. The largest absolute Gasteiger partial charge is 0.295 e. The Morgan fingerprint density at radius 3 is 2.93 bits per heavy atom. The second-order valence-electron chi connectivity index (χ2n) is 3.26. The lowest BCUT2D eigenvalue weighted by Gasteiger charge is -2.15. The van der Waals surface area contributed by atoms with Gasteiger partial charge in [0.1, 0.15) is 11.6 Å². The molecule has 1 atom stereocenters. The van der Waals surface area contributed by atoms with E-state index >= 15 is 0 Å². The quantitative estimate of drug-likeness (QED) is 0.550. The molecule has 1 saturated heterocycles. The second kappa shape index (κ2) is 4.32. The van der Waals surface area contributed by atoms with Gasteiger partial charge in [-0.05, 0) is 28.7 Å². The molecule has 15 heavy (non-hydrogen) atoms. The first-order valence-electron chi connectivity index (χ1n) is 4.33. The number of pyridine rings is 1. The van der Waals surface area contributed by atoms with Crippen LogP contribution in [-0.4, -0.2) is 22.3 Å². The molecule has 1 aromatic rings. The lowest BCUT2D eigenvalue weighted by molar-refractivity contribution is -0.117. The Morgan fingerprint density at radius 1 is 1.67 bits per heavy atom. The highest BCUT2D eigenvalue weighted by atomic mass is 127. The first-order valence-corrected chi connectivity index (χ1v) is 6.33. The molecular formula is C9H7BrFIN2O. The summed E-state index contributed by atoms with van der Waals surface area (Å²) in [7, 11) is 0. The Kier molecular flexibility index (Phi) is 3.24. The Hall–Kier alpha value is -0.240. The highest BCUT2D eigenvalue weighted by Crippen LogP contribution is 2.27. The molecule has 0 spiro atoms. The number of carbonyl (C=O) groups is 1. The molecule has 1 amide bonds. The van der Waals surface area contributed by atoms with E-state index in [0.29, 0.717) is 22.4 Å². The van der Waals surface area contributed by atoms with Crippen LogP contribution in [-0.2, 0) is 4.79 Å². The fourth-order valence-corrected chi connectivity index (χ4v) is 2.77. The molecule has 0 bridgehead atoms. The van der Waals surface area contributed by atoms with Gasteiger partial charge in [0.15, 0.2) is 0 Å². The van der Waals surface area contributed by atoms with Crippen LogP contribution < -0.4 is 4.90 Å². The van der Waals surface area contributed by atoms with Crippen LogP contribution >= 0.6 is 38.5 Å². The highest BCUT2D eigenvalue weighted by molar-refractivity contribution is 14.1. The molecule has 6 heteroatoms. The number of alkyl halides is 1. The fourth-order valence-electron chi connectivity index (χ4n) is 1.47. The molecule has 0 radical (unpaired) electrons. The maximum Gasteiger partial charge on any atom is 0.229 e. The van der Waals surface area contributed by atoms with Crippen molar-refractivity contribution in [2.45, 2.75) is 11.2 Å². The number of carbonyl (C=O) groups excluding carboxylic acids is 1. The first kappa shape index (κ1) is 11.3.